The number of hydrogen-bond acceptors (Lipinski definition) is 5. The average Bonchev–Trinajstić information content (AvgIpc) is 3.05. The fourth-order valence-electron chi connectivity index (χ4n) is 2.60. The molecule has 0 radical (unpaired) electrons. The molecule has 0 atom stereocenters. The van der Waals surface area contributed by atoms with Gasteiger partial charge in [0.05, 0.1) is 17.6 Å². The fraction of sp³-hybridized carbons (Fsp3) is 0.278. The number of nitrogens with zero attached hydrogens (tertiary/aromatic N) is 4. The van der Waals surface area contributed by atoms with E-state index in [-0.39, 0.29) is 5.75 Å². The van der Waals surface area contributed by atoms with Crippen LogP contribution in [-0.2, 0) is 22.0 Å². The van der Waals surface area contributed by atoms with Gasteiger partial charge in [-0.3, -0.25) is 4.98 Å². The number of hydrogen-bond donors (Lipinski definition) is 0. The van der Waals surface area contributed by atoms with Gasteiger partial charge in [-0.25, -0.2) is 13.1 Å². The molecule has 0 spiro atoms. The van der Waals surface area contributed by atoms with Gasteiger partial charge in [-0.05, 0) is 36.2 Å². The van der Waals surface area contributed by atoms with Gasteiger partial charge >= 0.3 is 0 Å². The lowest BCUT2D eigenvalue weighted by Gasteiger charge is -2.03. The molecule has 0 aliphatic heterocycles. The number of aromatic nitrogens is 4. The van der Waals surface area contributed by atoms with Crippen LogP contribution < -0.4 is 0 Å². The molecule has 0 fully saturated rings. The molecule has 0 saturated carbocycles. The lowest BCUT2D eigenvalue weighted by Crippen LogP contribution is -2.01. The van der Waals surface area contributed by atoms with Crippen molar-refractivity contribution < 1.29 is 8.42 Å². The van der Waals surface area contributed by atoms with Crippen molar-refractivity contribution in [2.45, 2.75) is 25.5 Å². The Morgan fingerprint density at radius 3 is 2.56 bits per heavy atom. The highest BCUT2D eigenvalue weighted by Gasteiger charge is 2.08. The van der Waals surface area contributed by atoms with E-state index in [4.69, 9.17) is 0 Å². The lowest BCUT2D eigenvalue weighted by molar-refractivity contribution is 0.601. The second-order valence-corrected chi connectivity index (χ2v) is 8.21. The molecule has 2 heterocycles. The van der Waals surface area contributed by atoms with E-state index in [1.165, 1.54) is 6.26 Å². The maximum absolute atomic E-state index is 11.4. The highest BCUT2D eigenvalue weighted by molar-refractivity contribution is 7.89. The van der Waals surface area contributed by atoms with Crippen LogP contribution in [0.1, 0.15) is 24.6 Å². The molecule has 2 aromatic heterocycles. The van der Waals surface area contributed by atoms with E-state index in [1.807, 2.05) is 30.5 Å². The number of aryl methyl sites for hydroxylation is 1. The molecule has 7 heteroatoms. The first-order chi connectivity index (χ1) is 11.9. The van der Waals surface area contributed by atoms with Crippen molar-refractivity contribution in [2.24, 2.45) is 0 Å². The third-order valence-electron chi connectivity index (χ3n) is 3.74. The predicted octanol–water partition coefficient (Wildman–Crippen LogP) is 2.83. The normalized spacial score (nSPS) is 11.6. The second kappa shape index (κ2) is 7.14. The summed E-state index contributed by atoms with van der Waals surface area (Å²) in [6, 6.07) is 11.2. The van der Waals surface area contributed by atoms with Crippen LogP contribution in [0, 0.1) is 0 Å². The summed E-state index contributed by atoms with van der Waals surface area (Å²) >= 11 is 0. The first-order valence-corrected chi connectivity index (χ1v) is 10.2. The predicted molar refractivity (Wildman–Crippen MR) is 97.1 cm³/mol. The highest BCUT2D eigenvalue weighted by atomic mass is 32.2. The second-order valence-electron chi connectivity index (χ2n) is 6.07. The summed E-state index contributed by atoms with van der Waals surface area (Å²) in [5.74, 6) is 0.0348. The quantitative estimate of drug-likeness (QED) is 0.679. The molecule has 0 aliphatic carbocycles. The summed E-state index contributed by atoms with van der Waals surface area (Å²) in [5.41, 5.74) is 4.39. The Labute approximate surface area is 147 Å². The number of pyridine rings is 1. The summed E-state index contributed by atoms with van der Waals surface area (Å²) in [7, 11) is -3.04. The van der Waals surface area contributed by atoms with E-state index in [9.17, 15) is 8.42 Å². The molecule has 6 nitrogen and oxygen atoms in total. The smallest absolute Gasteiger partial charge is 0.151 e. The Morgan fingerprint density at radius 2 is 1.88 bits per heavy atom. The highest BCUT2D eigenvalue weighted by Crippen LogP contribution is 2.19. The van der Waals surface area contributed by atoms with Crippen LogP contribution in [0.25, 0.3) is 16.9 Å². The first kappa shape index (κ1) is 17.3. The van der Waals surface area contributed by atoms with Crippen LogP contribution in [-0.4, -0.2) is 34.7 Å². The SMILES string of the molecule is CCCc1cc(-c2cn(-c3ccc(CS(C)(=O)=O)cc3)nn2)ccn1. The van der Waals surface area contributed by atoms with E-state index in [0.29, 0.717) is 0 Å². The summed E-state index contributed by atoms with van der Waals surface area (Å²) in [6.07, 6.45) is 6.86. The topological polar surface area (TPSA) is 77.7 Å². The molecule has 0 bridgehead atoms. The van der Waals surface area contributed by atoms with Crippen molar-refractivity contribution in [3.8, 4) is 16.9 Å². The van der Waals surface area contributed by atoms with Crippen LogP contribution in [0.15, 0.2) is 48.8 Å². The maximum atomic E-state index is 11.4. The van der Waals surface area contributed by atoms with Crippen molar-refractivity contribution in [3.05, 3.63) is 60.0 Å². The third kappa shape index (κ3) is 4.51. The van der Waals surface area contributed by atoms with Gasteiger partial charge in [-0.2, -0.15) is 0 Å². The molecular formula is C18H20N4O2S. The summed E-state index contributed by atoms with van der Waals surface area (Å²) < 4.78 is 24.4. The van der Waals surface area contributed by atoms with Crippen LogP contribution in [0.4, 0.5) is 0 Å². The van der Waals surface area contributed by atoms with E-state index < -0.39 is 9.84 Å². The van der Waals surface area contributed by atoms with Gasteiger partial charge < -0.3 is 0 Å². The van der Waals surface area contributed by atoms with Crippen molar-refractivity contribution in [2.75, 3.05) is 6.26 Å². The van der Waals surface area contributed by atoms with Crippen molar-refractivity contribution in [1.82, 2.24) is 20.0 Å². The minimum Gasteiger partial charge on any atom is -0.261 e. The van der Waals surface area contributed by atoms with Gasteiger partial charge in [0.2, 0.25) is 0 Å². The largest absolute Gasteiger partial charge is 0.261 e. The Hall–Kier alpha value is -2.54. The van der Waals surface area contributed by atoms with Crippen LogP contribution in [0.3, 0.4) is 0 Å². The Kier molecular flexibility index (Phi) is 4.94. The molecule has 3 rings (SSSR count). The van der Waals surface area contributed by atoms with Crippen LogP contribution in [0.2, 0.25) is 0 Å². The van der Waals surface area contributed by atoms with E-state index >= 15 is 0 Å². The van der Waals surface area contributed by atoms with Crippen molar-refractivity contribution >= 4 is 9.84 Å². The standard InChI is InChI=1S/C18H20N4O2S/c1-3-4-16-11-15(9-10-19-16)18-12-22(21-20-18)17-7-5-14(6-8-17)13-25(2,23)24/h5-12H,3-4,13H2,1-2H3. The Balaban J connectivity index is 1.83. The number of benzene rings is 1. The van der Waals surface area contributed by atoms with Crippen molar-refractivity contribution in [1.29, 1.82) is 0 Å². The molecule has 0 aliphatic rings. The summed E-state index contributed by atoms with van der Waals surface area (Å²) in [5, 5.41) is 8.41. The van der Waals surface area contributed by atoms with Gasteiger partial charge in [-0.15, -0.1) is 5.10 Å². The molecule has 1 aromatic carbocycles. The Morgan fingerprint density at radius 1 is 1.12 bits per heavy atom. The molecular weight excluding hydrogens is 336 g/mol. The number of rotatable bonds is 6. The average molecular weight is 356 g/mol. The van der Waals surface area contributed by atoms with Gasteiger partial charge in [0, 0.05) is 23.7 Å². The molecule has 25 heavy (non-hydrogen) atoms. The molecule has 0 N–H and O–H groups in total. The van der Waals surface area contributed by atoms with Gasteiger partial charge in [0.1, 0.15) is 5.69 Å². The maximum Gasteiger partial charge on any atom is 0.151 e. The zero-order valence-corrected chi connectivity index (χ0v) is 15.1. The molecule has 0 saturated heterocycles. The lowest BCUT2D eigenvalue weighted by atomic mass is 10.1. The van der Waals surface area contributed by atoms with Crippen LogP contribution >= 0.6 is 0 Å². The van der Waals surface area contributed by atoms with Crippen molar-refractivity contribution in [3.63, 3.8) is 0 Å². The first-order valence-electron chi connectivity index (χ1n) is 8.09. The van der Waals surface area contributed by atoms with E-state index in [2.05, 4.69) is 22.2 Å². The van der Waals surface area contributed by atoms with Gasteiger partial charge in [-0.1, -0.05) is 30.7 Å². The van der Waals surface area contributed by atoms with Gasteiger partial charge in [0.15, 0.2) is 9.84 Å². The Bertz CT molecular complexity index is 963. The molecule has 0 amide bonds. The summed E-state index contributed by atoms with van der Waals surface area (Å²) in [6.45, 7) is 2.12. The zero-order chi connectivity index (χ0) is 17.9. The summed E-state index contributed by atoms with van der Waals surface area (Å²) in [4.78, 5) is 4.35. The molecule has 3 aromatic rings. The fourth-order valence-corrected chi connectivity index (χ4v) is 3.40. The molecule has 0 unspecified atom stereocenters. The monoisotopic (exact) mass is 356 g/mol. The minimum absolute atomic E-state index is 0.0348. The van der Waals surface area contributed by atoms with Crippen LogP contribution in [0.5, 0.6) is 0 Å². The zero-order valence-electron chi connectivity index (χ0n) is 14.3. The third-order valence-corrected chi connectivity index (χ3v) is 4.60. The van der Waals surface area contributed by atoms with E-state index in [0.717, 1.165) is 41.0 Å². The van der Waals surface area contributed by atoms with Gasteiger partial charge in [0.25, 0.3) is 0 Å². The molecule has 130 valence electrons. The minimum atomic E-state index is -3.04. The number of sulfone groups is 1. The van der Waals surface area contributed by atoms with E-state index in [1.54, 1.807) is 23.0 Å².